The Kier molecular flexibility index (Phi) is 12.5. The molecule has 0 aliphatic heterocycles. The lowest BCUT2D eigenvalue weighted by Crippen LogP contribution is -2.47. The highest BCUT2D eigenvalue weighted by atomic mass is 16.5. The molecule has 0 aromatic carbocycles. The standard InChI is InChI=1S/C28H58O4/c1-22(2)30-21-23(3)26(8,9)28(12,13)31-19-16-15-17-24(4,5)27(10,11)32-20-18-25(6,7)29-14/h22-23H,15-21H2,1-14H3. The second-order valence-corrected chi connectivity index (χ2v) is 12.8. The van der Waals surface area contributed by atoms with E-state index in [1.54, 1.807) is 7.11 Å². The van der Waals surface area contributed by atoms with Gasteiger partial charge in [0.1, 0.15) is 0 Å². The Morgan fingerprint density at radius 3 is 1.69 bits per heavy atom. The molecule has 0 saturated carbocycles. The molecule has 4 nitrogen and oxygen atoms in total. The second kappa shape index (κ2) is 12.5. The number of rotatable bonds is 17. The Bertz CT molecular complexity index is 518. The van der Waals surface area contributed by atoms with Gasteiger partial charge < -0.3 is 18.9 Å². The molecular formula is C28H58O4. The molecule has 0 amide bonds. The quantitative estimate of drug-likeness (QED) is 0.209. The van der Waals surface area contributed by atoms with E-state index in [9.17, 15) is 0 Å². The van der Waals surface area contributed by atoms with Crippen LogP contribution in [0.1, 0.15) is 116 Å². The second-order valence-electron chi connectivity index (χ2n) is 12.8. The number of hydrogen-bond donors (Lipinski definition) is 0. The summed E-state index contributed by atoms with van der Waals surface area (Å²) in [6, 6.07) is 0. The van der Waals surface area contributed by atoms with E-state index in [1.165, 1.54) is 0 Å². The van der Waals surface area contributed by atoms with Gasteiger partial charge in [0.05, 0.1) is 36.1 Å². The highest BCUT2D eigenvalue weighted by molar-refractivity contribution is 4.92. The van der Waals surface area contributed by atoms with Gasteiger partial charge in [-0.25, -0.2) is 0 Å². The Balaban J connectivity index is 4.56. The number of ether oxygens (including phenoxy) is 4. The molecule has 32 heavy (non-hydrogen) atoms. The predicted molar refractivity (Wildman–Crippen MR) is 137 cm³/mol. The summed E-state index contributed by atoms with van der Waals surface area (Å²) in [6.07, 6.45) is 4.46. The van der Waals surface area contributed by atoms with Gasteiger partial charge in [0.15, 0.2) is 0 Å². The third kappa shape index (κ3) is 9.99. The lowest BCUT2D eigenvalue weighted by atomic mass is 9.68. The smallest absolute Gasteiger partial charge is 0.0680 e. The van der Waals surface area contributed by atoms with E-state index in [0.29, 0.717) is 12.5 Å². The maximum atomic E-state index is 6.44. The Morgan fingerprint density at radius 2 is 1.19 bits per heavy atom. The number of unbranched alkanes of at least 4 members (excludes halogenated alkanes) is 1. The number of hydrogen-bond acceptors (Lipinski definition) is 4. The van der Waals surface area contributed by atoms with Crippen LogP contribution in [0.5, 0.6) is 0 Å². The van der Waals surface area contributed by atoms with Crippen LogP contribution >= 0.6 is 0 Å². The van der Waals surface area contributed by atoms with Crippen molar-refractivity contribution < 1.29 is 18.9 Å². The van der Waals surface area contributed by atoms with Crippen molar-refractivity contribution in [3.05, 3.63) is 0 Å². The minimum Gasteiger partial charge on any atom is -0.379 e. The van der Waals surface area contributed by atoms with Crippen LogP contribution in [0.2, 0.25) is 0 Å². The summed E-state index contributed by atoms with van der Waals surface area (Å²) in [6.45, 7) is 31.1. The van der Waals surface area contributed by atoms with E-state index in [1.807, 2.05) is 0 Å². The maximum absolute atomic E-state index is 6.44. The van der Waals surface area contributed by atoms with Crippen LogP contribution in [0.15, 0.2) is 0 Å². The fraction of sp³-hybridized carbons (Fsp3) is 1.00. The fourth-order valence-electron chi connectivity index (χ4n) is 3.47. The predicted octanol–water partition coefficient (Wildman–Crippen LogP) is 7.68. The van der Waals surface area contributed by atoms with Crippen molar-refractivity contribution in [1.29, 1.82) is 0 Å². The van der Waals surface area contributed by atoms with Gasteiger partial charge in [-0.3, -0.25) is 0 Å². The van der Waals surface area contributed by atoms with Gasteiger partial charge >= 0.3 is 0 Å². The zero-order valence-electron chi connectivity index (χ0n) is 24.2. The van der Waals surface area contributed by atoms with Crippen molar-refractivity contribution in [1.82, 2.24) is 0 Å². The zero-order valence-corrected chi connectivity index (χ0v) is 24.2. The molecule has 0 aromatic rings. The first-order valence-electron chi connectivity index (χ1n) is 12.8. The van der Waals surface area contributed by atoms with Crippen molar-refractivity contribution in [3.63, 3.8) is 0 Å². The molecule has 194 valence electrons. The molecule has 0 aliphatic rings. The molecule has 0 N–H and O–H groups in total. The third-order valence-corrected chi connectivity index (χ3v) is 8.47. The molecule has 0 aliphatic carbocycles. The molecule has 0 spiro atoms. The van der Waals surface area contributed by atoms with E-state index in [2.05, 4.69) is 90.0 Å². The summed E-state index contributed by atoms with van der Waals surface area (Å²) in [5.74, 6) is 0.417. The minimum absolute atomic E-state index is 0.0208. The van der Waals surface area contributed by atoms with Gasteiger partial charge in [-0.2, -0.15) is 0 Å². The van der Waals surface area contributed by atoms with Gasteiger partial charge in [-0.05, 0) is 91.4 Å². The SMILES string of the molecule is COC(C)(C)CCOC(C)(C)C(C)(C)CCCCOC(C)(C)C(C)(C)C(C)COC(C)C. The molecule has 1 unspecified atom stereocenters. The molecule has 0 radical (unpaired) electrons. The first-order valence-corrected chi connectivity index (χ1v) is 12.8. The average molecular weight is 459 g/mol. The molecule has 0 fully saturated rings. The van der Waals surface area contributed by atoms with Crippen molar-refractivity contribution in [3.8, 4) is 0 Å². The normalized spacial score (nSPS) is 15.5. The van der Waals surface area contributed by atoms with Gasteiger partial charge in [0, 0.05) is 13.7 Å². The van der Waals surface area contributed by atoms with Crippen LogP contribution in [0.3, 0.4) is 0 Å². The van der Waals surface area contributed by atoms with Crippen molar-refractivity contribution in [2.45, 2.75) is 139 Å². The molecule has 0 heterocycles. The van der Waals surface area contributed by atoms with Crippen molar-refractivity contribution in [2.75, 3.05) is 26.9 Å². The highest BCUT2D eigenvalue weighted by Gasteiger charge is 2.42. The van der Waals surface area contributed by atoms with Crippen molar-refractivity contribution >= 4 is 0 Å². The fourth-order valence-corrected chi connectivity index (χ4v) is 3.47. The Morgan fingerprint density at radius 1 is 0.656 bits per heavy atom. The van der Waals surface area contributed by atoms with Crippen LogP contribution in [-0.4, -0.2) is 49.8 Å². The third-order valence-electron chi connectivity index (χ3n) is 8.47. The van der Waals surface area contributed by atoms with Crippen LogP contribution < -0.4 is 0 Å². The summed E-state index contributed by atoms with van der Waals surface area (Å²) in [7, 11) is 1.76. The number of methoxy groups -OCH3 is 1. The Hall–Kier alpha value is -0.160. The van der Waals surface area contributed by atoms with Crippen LogP contribution in [0, 0.1) is 16.7 Å². The van der Waals surface area contributed by atoms with E-state index in [0.717, 1.165) is 38.9 Å². The average Bonchev–Trinajstić information content (AvgIpc) is 2.64. The molecule has 1 atom stereocenters. The largest absolute Gasteiger partial charge is 0.379 e. The summed E-state index contributed by atoms with van der Waals surface area (Å²) in [5, 5.41) is 0. The van der Waals surface area contributed by atoms with E-state index < -0.39 is 0 Å². The van der Waals surface area contributed by atoms with Crippen molar-refractivity contribution in [2.24, 2.45) is 16.7 Å². The van der Waals surface area contributed by atoms with E-state index in [-0.39, 0.29) is 33.7 Å². The van der Waals surface area contributed by atoms with Crippen LogP contribution in [0.25, 0.3) is 0 Å². The summed E-state index contributed by atoms with van der Waals surface area (Å²) in [4.78, 5) is 0. The molecule has 0 bridgehead atoms. The van der Waals surface area contributed by atoms with Gasteiger partial charge in [0.2, 0.25) is 0 Å². The lowest BCUT2D eigenvalue weighted by molar-refractivity contribution is -0.134. The first kappa shape index (κ1) is 31.8. The molecule has 4 heteroatoms. The summed E-state index contributed by atoms with van der Waals surface area (Å²) in [5.41, 5.74) is -0.436. The monoisotopic (exact) mass is 458 g/mol. The van der Waals surface area contributed by atoms with E-state index >= 15 is 0 Å². The molecule has 0 aromatic heterocycles. The molecular weight excluding hydrogens is 400 g/mol. The van der Waals surface area contributed by atoms with Gasteiger partial charge in [0.25, 0.3) is 0 Å². The highest BCUT2D eigenvalue weighted by Crippen LogP contribution is 2.42. The lowest BCUT2D eigenvalue weighted by Gasteiger charge is -2.46. The molecule has 0 rings (SSSR count). The van der Waals surface area contributed by atoms with Crippen LogP contribution in [0.4, 0.5) is 0 Å². The topological polar surface area (TPSA) is 36.9 Å². The van der Waals surface area contributed by atoms with Gasteiger partial charge in [-0.1, -0.05) is 41.0 Å². The zero-order chi connectivity index (χ0) is 25.4. The van der Waals surface area contributed by atoms with Crippen LogP contribution in [-0.2, 0) is 18.9 Å². The summed E-state index contributed by atoms with van der Waals surface area (Å²) >= 11 is 0. The minimum atomic E-state index is -0.210. The Labute approximate surface area is 201 Å². The molecule has 0 saturated heterocycles. The van der Waals surface area contributed by atoms with E-state index in [4.69, 9.17) is 18.9 Å². The van der Waals surface area contributed by atoms with Gasteiger partial charge in [-0.15, -0.1) is 0 Å². The maximum Gasteiger partial charge on any atom is 0.0680 e. The summed E-state index contributed by atoms with van der Waals surface area (Å²) < 4.78 is 24.2. The first-order chi connectivity index (χ1) is 14.3.